The third-order valence-corrected chi connectivity index (χ3v) is 6.08. The summed E-state index contributed by atoms with van der Waals surface area (Å²) in [5, 5.41) is 0. The lowest BCUT2D eigenvalue weighted by Gasteiger charge is -2.12. The van der Waals surface area contributed by atoms with E-state index in [1.54, 1.807) is 7.11 Å². The van der Waals surface area contributed by atoms with E-state index in [0.29, 0.717) is 0 Å². The minimum atomic E-state index is 0.0832. The Kier molecular flexibility index (Phi) is 5.02. The quantitative estimate of drug-likeness (QED) is 0.698. The topological polar surface area (TPSA) is 9.23 Å². The molecule has 22 heavy (non-hydrogen) atoms. The fourth-order valence-electron chi connectivity index (χ4n) is 2.56. The van der Waals surface area contributed by atoms with E-state index in [4.69, 9.17) is 4.74 Å². The van der Waals surface area contributed by atoms with Crippen LogP contribution in [0.25, 0.3) is 0 Å². The van der Waals surface area contributed by atoms with Crippen molar-refractivity contribution in [2.45, 2.75) is 23.5 Å². The Morgan fingerprint density at radius 1 is 0.955 bits per heavy atom. The molecule has 0 fully saturated rings. The van der Waals surface area contributed by atoms with Gasteiger partial charge in [0.1, 0.15) is 11.5 Å². The molecule has 0 amide bonds. The standard InChI is InChI=1S/C20H21OS/c1-21-18-12-14-20(15-13-18)22(19-10-6-3-7-11-19)16-17-8-4-2-5-9-17/h2,4-6,8-15H,3,7,16H2,1H3/q+1. The van der Waals surface area contributed by atoms with Crippen molar-refractivity contribution in [3.63, 3.8) is 0 Å². The molecule has 0 saturated heterocycles. The van der Waals surface area contributed by atoms with E-state index in [-0.39, 0.29) is 10.9 Å². The van der Waals surface area contributed by atoms with Crippen LogP contribution in [0.4, 0.5) is 0 Å². The number of hydrogen-bond donors (Lipinski definition) is 0. The van der Waals surface area contributed by atoms with Crippen molar-refractivity contribution >= 4 is 10.9 Å². The van der Waals surface area contributed by atoms with Crippen LogP contribution in [0.5, 0.6) is 5.75 Å². The van der Waals surface area contributed by atoms with E-state index in [1.807, 2.05) is 0 Å². The van der Waals surface area contributed by atoms with Crippen LogP contribution >= 0.6 is 0 Å². The van der Waals surface area contributed by atoms with Crippen molar-refractivity contribution in [3.8, 4) is 5.75 Å². The molecule has 2 aromatic carbocycles. The van der Waals surface area contributed by atoms with Crippen LogP contribution in [0, 0.1) is 0 Å². The average Bonchev–Trinajstić information content (AvgIpc) is 2.61. The minimum absolute atomic E-state index is 0.0832. The van der Waals surface area contributed by atoms with Gasteiger partial charge in [-0.05, 0) is 49.3 Å². The Bertz CT molecular complexity index is 656. The molecule has 1 aliphatic carbocycles. The lowest BCUT2D eigenvalue weighted by molar-refractivity contribution is 0.414. The summed E-state index contributed by atoms with van der Waals surface area (Å²) >= 11 is 0. The van der Waals surface area contributed by atoms with Crippen molar-refractivity contribution in [2.75, 3.05) is 7.11 Å². The maximum atomic E-state index is 5.29. The third-order valence-electron chi connectivity index (χ3n) is 3.74. The molecule has 0 spiro atoms. The van der Waals surface area contributed by atoms with Gasteiger partial charge >= 0.3 is 0 Å². The molecule has 1 aliphatic rings. The summed E-state index contributed by atoms with van der Waals surface area (Å²) in [6.45, 7) is 0. The summed E-state index contributed by atoms with van der Waals surface area (Å²) in [7, 11) is 1.80. The van der Waals surface area contributed by atoms with Gasteiger partial charge < -0.3 is 4.74 Å². The first-order chi connectivity index (χ1) is 10.9. The van der Waals surface area contributed by atoms with Gasteiger partial charge in [-0.25, -0.2) is 0 Å². The monoisotopic (exact) mass is 309 g/mol. The van der Waals surface area contributed by atoms with Crippen molar-refractivity contribution in [3.05, 3.63) is 83.3 Å². The Balaban J connectivity index is 1.91. The van der Waals surface area contributed by atoms with E-state index in [0.717, 1.165) is 24.3 Å². The van der Waals surface area contributed by atoms with Crippen molar-refractivity contribution in [1.82, 2.24) is 0 Å². The fraction of sp³-hybridized carbons (Fsp3) is 0.200. The Labute approximate surface area is 135 Å². The molecule has 0 N–H and O–H groups in total. The highest BCUT2D eigenvalue weighted by Crippen LogP contribution is 2.30. The maximum Gasteiger partial charge on any atom is 0.161 e. The number of benzene rings is 2. The largest absolute Gasteiger partial charge is 0.497 e. The predicted molar refractivity (Wildman–Crippen MR) is 95.2 cm³/mol. The predicted octanol–water partition coefficient (Wildman–Crippen LogP) is 5.11. The fourth-order valence-corrected chi connectivity index (χ4v) is 4.73. The molecule has 0 radical (unpaired) electrons. The van der Waals surface area contributed by atoms with Crippen LogP contribution < -0.4 is 4.74 Å². The summed E-state index contributed by atoms with van der Waals surface area (Å²) in [5.41, 5.74) is 1.39. The smallest absolute Gasteiger partial charge is 0.161 e. The number of ether oxygens (including phenoxy) is 1. The van der Waals surface area contributed by atoms with Crippen molar-refractivity contribution in [1.29, 1.82) is 0 Å². The second-order valence-electron chi connectivity index (χ2n) is 5.28. The average molecular weight is 309 g/mol. The van der Waals surface area contributed by atoms with Gasteiger partial charge in [0.15, 0.2) is 9.80 Å². The summed E-state index contributed by atoms with van der Waals surface area (Å²) in [6.07, 6.45) is 9.31. The van der Waals surface area contributed by atoms with Crippen LogP contribution in [0.3, 0.4) is 0 Å². The molecule has 0 heterocycles. The Hall–Kier alpha value is -1.93. The van der Waals surface area contributed by atoms with Crippen molar-refractivity contribution < 1.29 is 4.74 Å². The first-order valence-electron chi connectivity index (χ1n) is 7.62. The van der Waals surface area contributed by atoms with Gasteiger partial charge in [0.05, 0.1) is 18.0 Å². The van der Waals surface area contributed by atoms with E-state index >= 15 is 0 Å². The molecular weight excluding hydrogens is 288 g/mol. The molecule has 3 rings (SSSR count). The van der Waals surface area contributed by atoms with Crippen LogP contribution in [0.15, 0.2) is 82.6 Å². The van der Waals surface area contributed by atoms with E-state index < -0.39 is 0 Å². The Morgan fingerprint density at radius 3 is 2.36 bits per heavy atom. The van der Waals surface area contributed by atoms with Crippen LogP contribution in [0.2, 0.25) is 0 Å². The highest BCUT2D eigenvalue weighted by molar-refractivity contribution is 8.00. The molecule has 0 aromatic heterocycles. The molecule has 1 atom stereocenters. The van der Waals surface area contributed by atoms with Gasteiger partial charge in [0.2, 0.25) is 0 Å². The molecule has 112 valence electrons. The second kappa shape index (κ2) is 7.37. The van der Waals surface area contributed by atoms with Gasteiger partial charge in [-0.3, -0.25) is 0 Å². The molecule has 2 aromatic rings. The molecule has 0 saturated carbocycles. The molecule has 1 unspecified atom stereocenters. The zero-order valence-electron chi connectivity index (χ0n) is 12.9. The maximum absolute atomic E-state index is 5.29. The summed E-state index contributed by atoms with van der Waals surface area (Å²) in [4.78, 5) is 2.84. The van der Waals surface area contributed by atoms with Gasteiger partial charge in [0, 0.05) is 5.56 Å². The number of allylic oxidation sites excluding steroid dienone is 3. The number of methoxy groups -OCH3 is 1. The van der Waals surface area contributed by atoms with E-state index in [9.17, 15) is 0 Å². The van der Waals surface area contributed by atoms with Gasteiger partial charge in [-0.15, -0.1) is 0 Å². The van der Waals surface area contributed by atoms with Gasteiger partial charge in [-0.1, -0.05) is 36.4 Å². The Morgan fingerprint density at radius 2 is 1.73 bits per heavy atom. The summed E-state index contributed by atoms with van der Waals surface area (Å²) < 4.78 is 5.29. The molecule has 2 heteroatoms. The minimum Gasteiger partial charge on any atom is -0.497 e. The van der Waals surface area contributed by atoms with Gasteiger partial charge in [-0.2, -0.15) is 0 Å². The van der Waals surface area contributed by atoms with Crippen LogP contribution in [-0.4, -0.2) is 7.11 Å². The zero-order valence-corrected chi connectivity index (χ0v) is 13.7. The highest BCUT2D eigenvalue weighted by Gasteiger charge is 2.27. The normalized spacial score (nSPS) is 15.2. The van der Waals surface area contributed by atoms with Gasteiger partial charge in [0.25, 0.3) is 0 Å². The molecule has 1 nitrogen and oxygen atoms in total. The summed E-state index contributed by atoms with van der Waals surface area (Å²) in [5.74, 6) is 1.98. The third kappa shape index (κ3) is 3.63. The van der Waals surface area contributed by atoms with E-state index in [1.165, 1.54) is 15.4 Å². The molecule has 0 bridgehead atoms. The second-order valence-corrected chi connectivity index (χ2v) is 7.30. The van der Waals surface area contributed by atoms with Crippen LogP contribution in [-0.2, 0) is 16.6 Å². The van der Waals surface area contributed by atoms with Crippen molar-refractivity contribution in [2.24, 2.45) is 0 Å². The van der Waals surface area contributed by atoms with Crippen LogP contribution in [0.1, 0.15) is 18.4 Å². The number of hydrogen-bond acceptors (Lipinski definition) is 1. The number of rotatable bonds is 5. The van der Waals surface area contributed by atoms with E-state index in [2.05, 4.69) is 72.8 Å². The molecule has 0 aliphatic heterocycles. The lowest BCUT2D eigenvalue weighted by atomic mass is 10.2. The lowest BCUT2D eigenvalue weighted by Crippen LogP contribution is -2.09. The first-order valence-corrected chi connectivity index (χ1v) is 9.02. The highest BCUT2D eigenvalue weighted by atomic mass is 32.2. The molecular formula is C20H21OS+. The zero-order chi connectivity index (χ0) is 15.2. The first kappa shape index (κ1) is 15.0. The SMILES string of the molecule is COc1ccc([S+](Cc2ccccc2)C2=CCCC=C2)cc1. The summed E-state index contributed by atoms with van der Waals surface area (Å²) in [6, 6.07) is 19.3.